The Kier molecular flexibility index (Phi) is 3.38. The third kappa shape index (κ3) is 2.60. The van der Waals surface area contributed by atoms with E-state index < -0.39 is 11.5 Å². The average Bonchev–Trinajstić information content (AvgIpc) is 2.26. The van der Waals surface area contributed by atoms with Crippen LogP contribution in [0.5, 0.6) is 0 Å². The van der Waals surface area contributed by atoms with Gasteiger partial charge in [0.05, 0.1) is 11.5 Å². The zero-order valence-corrected chi connectivity index (χ0v) is 9.95. The number of nitrogens with two attached hydrogens (primary N) is 1. The molecule has 2 rings (SSSR count). The molecule has 17 heavy (non-hydrogen) atoms. The van der Waals surface area contributed by atoms with Crippen LogP contribution in [-0.4, -0.2) is 28.6 Å². The summed E-state index contributed by atoms with van der Waals surface area (Å²) < 4.78 is 0. The Morgan fingerprint density at radius 2 is 1.94 bits per heavy atom. The molecule has 0 aromatic carbocycles. The highest BCUT2D eigenvalue weighted by Gasteiger charge is 2.41. The Bertz CT molecular complexity index is 326. The van der Waals surface area contributed by atoms with E-state index in [0.29, 0.717) is 6.42 Å². The summed E-state index contributed by atoms with van der Waals surface area (Å²) >= 11 is 0. The van der Waals surface area contributed by atoms with Crippen LogP contribution in [-0.2, 0) is 9.59 Å². The van der Waals surface area contributed by atoms with Crippen molar-refractivity contribution in [1.29, 1.82) is 0 Å². The maximum absolute atomic E-state index is 11.9. The summed E-state index contributed by atoms with van der Waals surface area (Å²) in [5.41, 5.74) is 5.25. The number of amides is 1. The van der Waals surface area contributed by atoms with Crippen molar-refractivity contribution in [3.05, 3.63) is 0 Å². The lowest BCUT2D eigenvalue weighted by atomic mass is 9.76. The van der Waals surface area contributed by atoms with Gasteiger partial charge in [0.1, 0.15) is 0 Å². The van der Waals surface area contributed by atoms with Gasteiger partial charge in [0.25, 0.3) is 0 Å². The van der Waals surface area contributed by atoms with Gasteiger partial charge < -0.3 is 16.2 Å². The van der Waals surface area contributed by atoms with E-state index in [1.165, 1.54) is 0 Å². The van der Waals surface area contributed by atoms with Crippen LogP contribution < -0.4 is 11.1 Å². The van der Waals surface area contributed by atoms with Gasteiger partial charge in [-0.2, -0.15) is 0 Å². The molecule has 0 aliphatic heterocycles. The van der Waals surface area contributed by atoms with Crippen LogP contribution in [0.2, 0.25) is 0 Å². The zero-order chi connectivity index (χ0) is 12.5. The standard InChI is InChI=1S/C12H20N2O3/c13-12(5-2-6-12)11(17)14-9-4-1-3-8(7-9)10(15)16/h8-9H,1-7,13H2,(H,14,17)(H,15,16). The summed E-state index contributed by atoms with van der Waals surface area (Å²) in [7, 11) is 0. The van der Waals surface area contributed by atoms with Crippen LogP contribution in [0.25, 0.3) is 0 Å². The fourth-order valence-electron chi connectivity index (χ4n) is 2.66. The van der Waals surface area contributed by atoms with E-state index in [2.05, 4.69) is 5.32 Å². The predicted octanol–water partition coefficient (Wildman–Crippen LogP) is 0.627. The fourth-order valence-corrected chi connectivity index (χ4v) is 2.66. The van der Waals surface area contributed by atoms with Gasteiger partial charge in [-0.1, -0.05) is 6.42 Å². The van der Waals surface area contributed by atoms with Crippen LogP contribution in [0, 0.1) is 5.92 Å². The Balaban J connectivity index is 1.86. The molecule has 0 radical (unpaired) electrons. The molecule has 0 bridgehead atoms. The second-order valence-corrected chi connectivity index (χ2v) is 5.38. The predicted molar refractivity (Wildman–Crippen MR) is 62.3 cm³/mol. The van der Waals surface area contributed by atoms with Crippen LogP contribution >= 0.6 is 0 Å². The molecule has 5 heteroatoms. The SMILES string of the molecule is NC1(C(=O)NC2CCCC(C(=O)O)C2)CCC1. The second kappa shape index (κ2) is 4.64. The molecule has 2 unspecified atom stereocenters. The number of carboxylic acids is 1. The minimum Gasteiger partial charge on any atom is -0.481 e. The molecule has 2 aliphatic carbocycles. The first-order valence-electron chi connectivity index (χ1n) is 6.34. The van der Waals surface area contributed by atoms with E-state index in [4.69, 9.17) is 10.8 Å². The van der Waals surface area contributed by atoms with Crippen molar-refractivity contribution in [2.75, 3.05) is 0 Å². The number of aliphatic carboxylic acids is 1. The number of rotatable bonds is 3. The first-order chi connectivity index (χ1) is 8.01. The zero-order valence-electron chi connectivity index (χ0n) is 9.95. The van der Waals surface area contributed by atoms with Gasteiger partial charge in [-0.15, -0.1) is 0 Å². The molecule has 0 aromatic rings. The highest BCUT2D eigenvalue weighted by Crippen LogP contribution is 2.30. The lowest BCUT2D eigenvalue weighted by Crippen LogP contribution is -2.60. The minimum absolute atomic E-state index is 0.0154. The monoisotopic (exact) mass is 240 g/mol. The lowest BCUT2D eigenvalue weighted by molar-refractivity contribution is -0.143. The van der Waals surface area contributed by atoms with E-state index in [1.54, 1.807) is 0 Å². The number of hydrogen-bond donors (Lipinski definition) is 3. The Hall–Kier alpha value is -1.10. The Morgan fingerprint density at radius 1 is 1.24 bits per heavy atom. The van der Waals surface area contributed by atoms with Crippen molar-refractivity contribution in [3.8, 4) is 0 Å². The lowest BCUT2D eigenvalue weighted by Gasteiger charge is -2.38. The maximum Gasteiger partial charge on any atom is 0.306 e. The molecule has 2 saturated carbocycles. The highest BCUT2D eigenvalue weighted by atomic mass is 16.4. The molecule has 2 atom stereocenters. The summed E-state index contributed by atoms with van der Waals surface area (Å²) in [4.78, 5) is 22.8. The molecule has 96 valence electrons. The van der Waals surface area contributed by atoms with Gasteiger partial charge in [0.2, 0.25) is 5.91 Å². The first-order valence-corrected chi connectivity index (χ1v) is 6.34. The van der Waals surface area contributed by atoms with Gasteiger partial charge in [-0.25, -0.2) is 0 Å². The van der Waals surface area contributed by atoms with Crippen LogP contribution in [0.15, 0.2) is 0 Å². The molecule has 2 aliphatic rings. The number of nitrogens with one attached hydrogen (secondary N) is 1. The maximum atomic E-state index is 11.9. The smallest absolute Gasteiger partial charge is 0.306 e. The van der Waals surface area contributed by atoms with Crippen LogP contribution in [0.1, 0.15) is 44.9 Å². The molecule has 2 fully saturated rings. The molecule has 0 spiro atoms. The third-order valence-electron chi connectivity index (χ3n) is 4.06. The number of carboxylic acid groups (broad SMARTS) is 1. The summed E-state index contributed by atoms with van der Waals surface area (Å²) in [6, 6.07) is -0.0154. The molecular weight excluding hydrogens is 220 g/mol. The topological polar surface area (TPSA) is 92.4 Å². The van der Waals surface area contributed by atoms with Crippen molar-refractivity contribution in [3.63, 3.8) is 0 Å². The molecule has 5 nitrogen and oxygen atoms in total. The van der Waals surface area contributed by atoms with Gasteiger partial charge in [-0.05, 0) is 38.5 Å². The molecule has 0 saturated heterocycles. The van der Waals surface area contributed by atoms with E-state index in [0.717, 1.165) is 38.5 Å². The number of carbonyl (C=O) groups is 2. The normalized spacial score (nSPS) is 31.4. The average molecular weight is 240 g/mol. The minimum atomic E-state index is -0.755. The quantitative estimate of drug-likeness (QED) is 0.674. The summed E-state index contributed by atoms with van der Waals surface area (Å²) in [5, 5.41) is 11.9. The van der Waals surface area contributed by atoms with E-state index in [-0.39, 0.29) is 17.9 Å². The van der Waals surface area contributed by atoms with Crippen molar-refractivity contribution in [1.82, 2.24) is 5.32 Å². The van der Waals surface area contributed by atoms with Crippen molar-refractivity contribution < 1.29 is 14.7 Å². The molecular formula is C12H20N2O3. The van der Waals surface area contributed by atoms with Gasteiger partial charge >= 0.3 is 5.97 Å². The second-order valence-electron chi connectivity index (χ2n) is 5.38. The first kappa shape index (κ1) is 12.4. The van der Waals surface area contributed by atoms with Crippen molar-refractivity contribution in [2.45, 2.75) is 56.5 Å². The highest BCUT2D eigenvalue weighted by molar-refractivity contribution is 5.87. The van der Waals surface area contributed by atoms with Crippen molar-refractivity contribution in [2.24, 2.45) is 11.7 Å². The molecule has 1 amide bonds. The van der Waals surface area contributed by atoms with E-state index in [1.807, 2.05) is 0 Å². The van der Waals surface area contributed by atoms with Crippen LogP contribution in [0.3, 0.4) is 0 Å². The van der Waals surface area contributed by atoms with E-state index in [9.17, 15) is 9.59 Å². The number of carbonyl (C=O) groups excluding carboxylic acids is 1. The molecule has 0 aromatic heterocycles. The summed E-state index contributed by atoms with van der Waals surface area (Å²) in [6.07, 6.45) is 5.48. The van der Waals surface area contributed by atoms with Crippen molar-refractivity contribution >= 4 is 11.9 Å². The van der Waals surface area contributed by atoms with E-state index >= 15 is 0 Å². The van der Waals surface area contributed by atoms with Gasteiger partial charge in [-0.3, -0.25) is 9.59 Å². The molecule has 0 heterocycles. The van der Waals surface area contributed by atoms with Gasteiger partial charge in [0.15, 0.2) is 0 Å². The summed E-state index contributed by atoms with van der Waals surface area (Å²) in [6.45, 7) is 0. The van der Waals surface area contributed by atoms with Gasteiger partial charge in [0, 0.05) is 6.04 Å². The van der Waals surface area contributed by atoms with Crippen LogP contribution in [0.4, 0.5) is 0 Å². The third-order valence-corrected chi connectivity index (χ3v) is 4.06. The molecule has 4 N–H and O–H groups in total. The largest absolute Gasteiger partial charge is 0.481 e. The number of hydrogen-bond acceptors (Lipinski definition) is 3. The summed E-state index contributed by atoms with van der Waals surface area (Å²) in [5.74, 6) is -1.17. The Labute approximate surface area is 101 Å². The fraction of sp³-hybridized carbons (Fsp3) is 0.833. The Morgan fingerprint density at radius 3 is 2.47 bits per heavy atom.